The number of hydrogen-bond acceptors (Lipinski definition) is 19. The Morgan fingerprint density at radius 2 is 1.14 bits per heavy atom. The Morgan fingerprint density at radius 3 is 1.91 bits per heavy atom. The minimum Gasteiger partial charge on any atom is -0.393 e. The molecule has 13 aliphatic heterocycles. The first-order valence-corrected chi connectivity index (χ1v) is 30.0. The first kappa shape index (κ1) is 56.1. The molecule has 13 heterocycles. The van der Waals surface area contributed by atoms with Crippen molar-refractivity contribution in [3.05, 3.63) is 60.8 Å². The zero-order chi connectivity index (χ0) is 54.6. The molecular formula is C60H86O19. The van der Waals surface area contributed by atoms with Gasteiger partial charge in [-0.25, -0.2) is 0 Å². The minimum atomic E-state index is -1.04. The number of aliphatic hydroxyl groups is 6. The average molecular weight is 1110 g/mol. The van der Waals surface area contributed by atoms with E-state index in [0.717, 1.165) is 6.42 Å². The van der Waals surface area contributed by atoms with E-state index in [1.54, 1.807) is 6.08 Å². The number of rotatable bonds is 3. The Bertz CT molecular complexity index is 2300. The van der Waals surface area contributed by atoms with E-state index in [9.17, 15) is 30.6 Å². The Labute approximate surface area is 463 Å². The molecule has 13 rings (SSSR count). The summed E-state index contributed by atoms with van der Waals surface area (Å²) in [6.07, 6.45) is 10.5. The number of fused-ring (bicyclic) bond motifs is 11. The van der Waals surface area contributed by atoms with Crippen molar-refractivity contribution >= 4 is 0 Å². The zero-order valence-electron chi connectivity index (χ0n) is 46.1. The monoisotopic (exact) mass is 1110 g/mol. The Balaban J connectivity index is 0.677. The normalized spacial score (nSPS) is 56.4. The highest BCUT2D eigenvalue weighted by Crippen LogP contribution is 2.52. The summed E-state index contributed by atoms with van der Waals surface area (Å²) in [6.45, 7) is 10.3. The van der Waals surface area contributed by atoms with Crippen molar-refractivity contribution < 1.29 is 92.2 Å². The lowest BCUT2D eigenvalue weighted by Gasteiger charge is -2.53. The lowest BCUT2D eigenvalue weighted by atomic mass is 9.75. The van der Waals surface area contributed by atoms with Crippen LogP contribution in [0.5, 0.6) is 0 Å². The number of hydrogen-bond donors (Lipinski definition) is 6. The lowest BCUT2D eigenvalue weighted by molar-refractivity contribution is -0.339. The summed E-state index contributed by atoms with van der Waals surface area (Å²) in [5, 5.41) is 65.9. The lowest BCUT2D eigenvalue weighted by Crippen LogP contribution is -2.63. The molecule has 6 N–H and O–H groups in total. The van der Waals surface area contributed by atoms with Crippen molar-refractivity contribution in [2.75, 3.05) is 13.2 Å². The molecule has 0 bridgehead atoms. The summed E-state index contributed by atoms with van der Waals surface area (Å²) in [6, 6.07) is 0. The first-order chi connectivity index (χ1) is 38.0. The van der Waals surface area contributed by atoms with Gasteiger partial charge in [-0.2, -0.15) is 0 Å². The van der Waals surface area contributed by atoms with E-state index in [0.29, 0.717) is 57.8 Å². The summed E-state index contributed by atoms with van der Waals surface area (Å²) in [7, 11) is 0. The van der Waals surface area contributed by atoms with E-state index in [2.05, 4.69) is 32.9 Å². The molecule has 19 heteroatoms. The molecule has 0 aromatic rings. The Kier molecular flexibility index (Phi) is 15.9. The number of aliphatic hydroxyl groups excluding tert-OH is 6. The van der Waals surface area contributed by atoms with Gasteiger partial charge < -0.3 is 92.2 Å². The molecule has 0 amide bonds. The third-order valence-corrected chi connectivity index (χ3v) is 20.6. The third kappa shape index (κ3) is 10.5. The highest BCUT2D eigenvalue weighted by Gasteiger charge is 2.63. The van der Waals surface area contributed by atoms with Crippen LogP contribution in [-0.2, 0) is 61.6 Å². The molecule has 0 radical (unpaired) electrons. The van der Waals surface area contributed by atoms with Gasteiger partial charge in [0.05, 0.1) is 129 Å². The van der Waals surface area contributed by atoms with Crippen LogP contribution in [-0.4, -0.2) is 220 Å². The molecule has 9 fully saturated rings. The van der Waals surface area contributed by atoms with Crippen LogP contribution in [0.2, 0.25) is 0 Å². The van der Waals surface area contributed by atoms with Crippen molar-refractivity contribution in [3.63, 3.8) is 0 Å². The second-order valence-electron chi connectivity index (χ2n) is 25.9. The van der Waals surface area contributed by atoms with Crippen molar-refractivity contribution in [2.45, 2.75) is 275 Å². The Morgan fingerprint density at radius 1 is 0.519 bits per heavy atom. The van der Waals surface area contributed by atoms with Crippen molar-refractivity contribution in [1.29, 1.82) is 0 Å². The van der Waals surface area contributed by atoms with Crippen molar-refractivity contribution in [3.8, 4) is 0 Å². The van der Waals surface area contributed by atoms with Gasteiger partial charge in [0.2, 0.25) is 0 Å². The summed E-state index contributed by atoms with van der Waals surface area (Å²) < 4.78 is 89.0. The molecule has 0 aliphatic carbocycles. The fourth-order valence-corrected chi connectivity index (χ4v) is 15.9. The summed E-state index contributed by atoms with van der Waals surface area (Å²) >= 11 is 0. The van der Waals surface area contributed by atoms with Gasteiger partial charge in [0, 0.05) is 43.9 Å². The highest BCUT2D eigenvalue weighted by molar-refractivity contribution is 5.18. The average Bonchev–Trinajstić information content (AvgIpc) is 3.66. The van der Waals surface area contributed by atoms with Crippen LogP contribution in [0.25, 0.3) is 0 Å². The van der Waals surface area contributed by atoms with Crippen molar-refractivity contribution in [2.24, 2.45) is 23.7 Å². The fraction of sp³-hybridized carbons (Fsp3) is 0.833. The van der Waals surface area contributed by atoms with Gasteiger partial charge in [-0.3, -0.25) is 0 Å². The molecular weight excluding hydrogens is 1020 g/mol. The van der Waals surface area contributed by atoms with E-state index >= 15 is 0 Å². The quantitative estimate of drug-likeness (QED) is 0.223. The summed E-state index contributed by atoms with van der Waals surface area (Å²) in [5.74, 6) is -1.19. The SMILES string of the molecule is C[C@@H]1C[C@@H]2O[C@H]3[C@H](C[C@H]2O[C@H]2C[C@H]4O[C@H]5CC=CC[C@H]6O[C@H]7C=C[C@H]8O[C@H]9[C@H](O)[C@H]%10O[C@@H](C=C[C@H](O)CO)C=CC[C@@H]%10O[C@@H]9C[C@@H]8O[C@@H]7C=C[C@@H]6O[C@@H]5C[C@@H](O)[C@]4(C)O[C@@H]2C1)O[C@@H]1[C@@H](C)[C@H](C)C2(C[C@H](O)CO2)O[C@H]1C(O)[C@@H]3C. The van der Waals surface area contributed by atoms with Gasteiger partial charge in [-0.05, 0) is 50.9 Å². The van der Waals surface area contributed by atoms with Gasteiger partial charge >= 0.3 is 0 Å². The van der Waals surface area contributed by atoms with Gasteiger partial charge in [-0.15, -0.1) is 0 Å². The topological polar surface area (TPSA) is 241 Å². The Hall–Kier alpha value is -2.06. The minimum absolute atomic E-state index is 0.0318. The molecule has 440 valence electrons. The van der Waals surface area contributed by atoms with Crippen LogP contribution in [0.4, 0.5) is 0 Å². The third-order valence-electron chi connectivity index (χ3n) is 20.6. The standard InChI is InChI=1S/C60H86O19/c1-28-19-42-44(22-48-54(76-42)30(3)52(65)58-55(77-48)29(2)31(4)60(79-58)25-33(63)27-67-60)73-46-24-51-59(5,78-47(46)20-28)50(64)23-45-36(74-51)11-7-6-10-35-37(71-45)15-16-39-38(69-35)17-18-40-43(70-39)21-49-57(75-40)53(66)56-41(72-49)12-8-9-34(68-56)14-13-32(62)26-61/h6-9,13-18,28-58,61-66H,10-12,19-27H2,1-5H3/t28-,29+,30+,31+,32+,33+,34-,35-,36+,37+,38+,39-,40-,41+,42+,43+,44-,45-,46+,47-,48+,49-,50-,51-,52?,53-,54-,55-,56+,57-,58+,59+,60?/m1/s1. The van der Waals surface area contributed by atoms with Gasteiger partial charge in [-0.1, -0.05) is 88.5 Å². The maximum atomic E-state index is 12.4. The molecule has 79 heavy (non-hydrogen) atoms. The van der Waals surface area contributed by atoms with E-state index in [1.165, 1.54) is 6.08 Å². The van der Waals surface area contributed by atoms with Crippen molar-refractivity contribution in [1.82, 2.24) is 0 Å². The molecule has 1 spiro atoms. The maximum absolute atomic E-state index is 12.4. The second kappa shape index (κ2) is 22.4. The fourth-order valence-electron chi connectivity index (χ4n) is 15.9. The first-order valence-electron chi connectivity index (χ1n) is 30.0. The van der Waals surface area contributed by atoms with Crippen LogP contribution in [0.1, 0.15) is 98.8 Å². The summed E-state index contributed by atoms with van der Waals surface area (Å²) in [4.78, 5) is 0. The van der Waals surface area contributed by atoms with Crippen LogP contribution in [0.3, 0.4) is 0 Å². The van der Waals surface area contributed by atoms with Gasteiger partial charge in [0.1, 0.15) is 54.4 Å². The largest absolute Gasteiger partial charge is 0.393 e. The molecule has 19 nitrogen and oxygen atoms in total. The second-order valence-corrected chi connectivity index (χ2v) is 25.9. The van der Waals surface area contributed by atoms with E-state index in [4.69, 9.17) is 61.6 Å². The summed E-state index contributed by atoms with van der Waals surface area (Å²) in [5.41, 5.74) is -1.04. The molecule has 0 aromatic carbocycles. The van der Waals surface area contributed by atoms with E-state index in [1.807, 2.05) is 50.3 Å². The van der Waals surface area contributed by atoms with E-state index < -0.39 is 134 Å². The molecule has 0 saturated carbocycles. The smallest absolute Gasteiger partial charge is 0.174 e. The zero-order valence-corrected chi connectivity index (χ0v) is 46.1. The number of ether oxygens (including phenoxy) is 13. The maximum Gasteiger partial charge on any atom is 0.174 e. The molecule has 33 atom stereocenters. The van der Waals surface area contributed by atoms with Crippen LogP contribution >= 0.6 is 0 Å². The van der Waals surface area contributed by atoms with Gasteiger partial charge in [0.15, 0.2) is 5.79 Å². The van der Waals surface area contributed by atoms with Gasteiger partial charge in [0.25, 0.3) is 0 Å². The molecule has 2 unspecified atom stereocenters. The highest BCUT2D eigenvalue weighted by atomic mass is 16.7. The predicted molar refractivity (Wildman–Crippen MR) is 279 cm³/mol. The van der Waals surface area contributed by atoms with Crippen LogP contribution in [0.15, 0.2) is 60.8 Å². The van der Waals surface area contributed by atoms with Crippen LogP contribution < -0.4 is 0 Å². The molecule has 13 aliphatic rings. The predicted octanol–water partition coefficient (Wildman–Crippen LogP) is 2.97. The molecule has 0 aromatic heterocycles. The van der Waals surface area contributed by atoms with Crippen LogP contribution in [0, 0.1) is 23.7 Å². The van der Waals surface area contributed by atoms with E-state index in [-0.39, 0.29) is 79.1 Å². The molecule has 9 saturated heterocycles.